The SMILES string of the molecule is CN(C)CCNC(=O)c1cncc(Nc2ccc(N(C)C)cc2)c1. The minimum atomic E-state index is -0.115. The van der Waals surface area contributed by atoms with Gasteiger partial charge in [0.1, 0.15) is 0 Å². The molecule has 1 aromatic heterocycles. The molecule has 0 aliphatic carbocycles. The summed E-state index contributed by atoms with van der Waals surface area (Å²) in [5.41, 5.74) is 3.41. The molecular weight excluding hydrogens is 302 g/mol. The van der Waals surface area contributed by atoms with Crippen molar-refractivity contribution in [2.45, 2.75) is 0 Å². The molecule has 128 valence electrons. The molecule has 0 bridgehead atoms. The van der Waals surface area contributed by atoms with Gasteiger partial charge >= 0.3 is 0 Å². The van der Waals surface area contributed by atoms with Gasteiger partial charge in [0.05, 0.1) is 17.4 Å². The second-order valence-corrected chi connectivity index (χ2v) is 6.09. The van der Waals surface area contributed by atoms with E-state index in [2.05, 4.69) is 15.6 Å². The molecule has 0 aliphatic rings. The number of likely N-dealkylation sites (N-methyl/N-ethyl adjacent to an activating group) is 1. The topological polar surface area (TPSA) is 60.5 Å². The third-order valence-corrected chi connectivity index (χ3v) is 3.52. The van der Waals surface area contributed by atoms with Crippen molar-refractivity contribution in [3.8, 4) is 0 Å². The fourth-order valence-electron chi connectivity index (χ4n) is 2.14. The average Bonchev–Trinajstić information content (AvgIpc) is 2.55. The van der Waals surface area contributed by atoms with Crippen LogP contribution in [0, 0.1) is 0 Å². The quantitative estimate of drug-likeness (QED) is 0.816. The van der Waals surface area contributed by atoms with Crippen LogP contribution in [-0.2, 0) is 0 Å². The lowest BCUT2D eigenvalue weighted by Gasteiger charge is -2.14. The Balaban J connectivity index is 2.00. The molecule has 2 rings (SSSR count). The van der Waals surface area contributed by atoms with E-state index >= 15 is 0 Å². The van der Waals surface area contributed by atoms with Gasteiger partial charge in [0.25, 0.3) is 5.91 Å². The number of hydrogen-bond acceptors (Lipinski definition) is 5. The van der Waals surface area contributed by atoms with Gasteiger partial charge in [0, 0.05) is 44.8 Å². The summed E-state index contributed by atoms with van der Waals surface area (Å²) >= 11 is 0. The predicted octanol–water partition coefficient (Wildman–Crippen LogP) is 2.18. The first kappa shape index (κ1) is 17.7. The molecule has 2 N–H and O–H groups in total. The van der Waals surface area contributed by atoms with Crippen molar-refractivity contribution in [1.82, 2.24) is 15.2 Å². The molecule has 24 heavy (non-hydrogen) atoms. The minimum absolute atomic E-state index is 0.115. The van der Waals surface area contributed by atoms with Gasteiger partial charge in [0.2, 0.25) is 0 Å². The smallest absolute Gasteiger partial charge is 0.252 e. The maximum Gasteiger partial charge on any atom is 0.252 e. The van der Waals surface area contributed by atoms with Crippen LogP contribution >= 0.6 is 0 Å². The molecule has 0 aliphatic heterocycles. The Morgan fingerprint density at radius 2 is 1.75 bits per heavy atom. The number of hydrogen-bond donors (Lipinski definition) is 2. The van der Waals surface area contributed by atoms with Crippen LogP contribution in [0.15, 0.2) is 42.7 Å². The van der Waals surface area contributed by atoms with E-state index in [0.717, 1.165) is 23.6 Å². The highest BCUT2D eigenvalue weighted by Crippen LogP contribution is 2.20. The van der Waals surface area contributed by atoms with Crippen molar-refractivity contribution in [3.63, 3.8) is 0 Å². The average molecular weight is 327 g/mol. The summed E-state index contributed by atoms with van der Waals surface area (Å²) in [4.78, 5) is 20.4. The molecule has 0 saturated carbocycles. The first-order chi connectivity index (χ1) is 11.5. The minimum Gasteiger partial charge on any atom is -0.378 e. The lowest BCUT2D eigenvalue weighted by atomic mass is 10.2. The van der Waals surface area contributed by atoms with Crippen molar-refractivity contribution in [3.05, 3.63) is 48.3 Å². The maximum absolute atomic E-state index is 12.1. The molecule has 6 nitrogen and oxygen atoms in total. The molecule has 0 saturated heterocycles. The molecule has 1 amide bonds. The zero-order valence-electron chi connectivity index (χ0n) is 14.7. The third-order valence-electron chi connectivity index (χ3n) is 3.52. The van der Waals surface area contributed by atoms with E-state index in [4.69, 9.17) is 0 Å². The molecule has 1 heterocycles. The maximum atomic E-state index is 12.1. The summed E-state index contributed by atoms with van der Waals surface area (Å²) in [7, 11) is 7.95. The lowest BCUT2D eigenvalue weighted by molar-refractivity contribution is 0.0950. The van der Waals surface area contributed by atoms with Crippen LogP contribution < -0.4 is 15.5 Å². The molecule has 2 aromatic rings. The second kappa shape index (κ2) is 8.31. The zero-order chi connectivity index (χ0) is 17.5. The van der Waals surface area contributed by atoms with Crippen LogP contribution in [0.2, 0.25) is 0 Å². The first-order valence-corrected chi connectivity index (χ1v) is 7.88. The van der Waals surface area contributed by atoms with Crippen LogP contribution in [0.3, 0.4) is 0 Å². The number of carbonyl (C=O) groups excluding carboxylic acids is 1. The number of pyridine rings is 1. The number of amides is 1. The number of anilines is 3. The Bertz CT molecular complexity index is 667. The second-order valence-electron chi connectivity index (χ2n) is 6.09. The molecule has 0 atom stereocenters. The molecule has 0 radical (unpaired) electrons. The summed E-state index contributed by atoms with van der Waals surface area (Å²) in [5, 5.41) is 6.16. The number of rotatable bonds is 7. The number of aromatic nitrogens is 1. The Hall–Kier alpha value is -2.60. The summed E-state index contributed by atoms with van der Waals surface area (Å²) < 4.78 is 0. The van der Waals surface area contributed by atoms with E-state index < -0.39 is 0 Å². The fraction of sp³-hybridized carbons (Fsp3) is 0.333. The van der Waals surface area contributed by atoms with Gasteiger partial charge in [-0.3, -0.25) is 9.78 Å². The Morgan fingerprint density at radius 3 is 2.38 bits per heavy atom. The largest absolute Gasteiger partial charge is 0.378 e. The standard InChI is InChI=1S/C18H25N5O/c1-22(2)10-9-20-18(24)14-11-16(13-19-12-14)21-15-5-7-17(8-6-15)23(3)4/h5-8,11-13,21H,9-10H2,1-4H3,(H,20,24). The highest BCUT2D eigenvalue weighted by atomic mass is 16.1. The van der Waals surface area contributed by atoms with Crippen molar-refractivity contribution < 1.29 is 4.79 Å². The van der Waals surface area contributed by atoms with Gasteiger partial charge in [-0.2, -0.15) is 0 Å². The summed E-state index contributed by atoms with van der Waals surface area (Å²) in [6.45, 7) is 1.41. The number of nitrogens with zero attached hydrogens (tertiary/aromatic N) is 3. The van der Waals surface area contributed by atoms with Gasteiger partial charge in [0.15, 0.2) is 0 Å². The van der Waals surface area contributed by atoms with Gasteiger partial charge < -0.3 is 20.4 Å². The number of benzene rings is 1. The van der Waals surface area contributed by atoms with Crippen LogP contribution in [-0.4, -0.2) is 57.1 Å². The fourth-order valence-corrected chi connectivity index (χ4v) is 2.14. The Morgan fingerprint density at radius 1 is 1.04 bits per heavy atom. The molecule has 0 unspecified atom stereocenters. The van der Waals surface area contributed by atoms with Crippen LogP contribution in [0.5, 0.6) is 0 Å². The van der Waals surface area contributed by atoms with E-state index in [0.29, 0.717) is 12.1 Å². The van der Waals surface area contributed by atoms with Crippen LogP contribution in [0.1, 0.15) is 10.4 Å². The third kappa shape index (κ3) is 5.24. The van der Waals surface area contributed by atoms with E-state index in [1.807, 2.05) is 62.3 Å². The predicted molar refractivity (Wildman–Crippen MR) is 99.2 cm³/mol. The van der Waals surface area contributed by atoms with Gasteiger partial charge in [-0.25, -0.2) is 0 Å². The monoisotopic (exact) mass is 327 g/mol. The van der Waals surface area contributed by atoms with Gasteiger partial charge in [-0.15, -0.1) is 0 Å². The van der Waals surface area contributed by atoms with E-state index in [-0.39, 0.29) is 5.91 Å². The first-order valence-electron chi connectivity index (χ1n) is 7.88. The summed E-state index contributed by atoms with van der Waals surface area (Å²) in [6.07, 6.45) is 3.28. The molecule has 1 aromatic carbocycles. The molecule has 6 heteroatoms. The molecule has 0 fully saturated rings. The van der Waals surface area contributed by atoms with E-state index in [1.54, 1.807) is 18.5 Å². The Labute approximate surface area is 143 Å². The highest BCUT2D eigenvalue weighted by molar-refractivity contribution is 5.94. The molecule has 0 spiro atoms. The van der Waals surface area contributed by atoms with E-state index in [1.165, 1.54) is 0 Å². The van der Waals surface area contributed by atoms with E-state index in [9.17, 15) is 4.79 Å². The van der Waals surface area contributed by atoms with Gasteiger partial charge in [-0.05, 0) is 44.4 Å². The Kier molecular flexibility index (Phi) is 6.14. The number of carbonyl (C=O) groups is 1. The van der Waals surface area contributed by atoms with Crippen molar-refractivity contribution in [1.29, 1.82) is 0 Å². The summed E-state index contributed by atoms with van der Waals surface area (Å²) in [5.74, 6) is -0.115. The normalized spacial score (nSPS) is 10.5. The van der Waals surface area contributed by atoms with Crippen molar-refractivity contribution in [2.75, 3.05) is 51.5 Å². The number of nitrogens with one attached hydrogen (secondary N) is 2. The zero-order valence-corrected chi connectivity index (χ0v) is 14.7. The van der Waals surface area contributed by atoms with Crippen LogP contribution in [0.25, 0.3) is 0 Å². The van der Waals surface area contributed by atoms with Crippen LogP contribution in [0.4, 0.5) is 17.1 Å². The highest BCUT2D eigenvalue weighted by Gasteiger charge is 2.07. The van der Waals surface area contributed by atoms with Crippen molar-refractivity contribution in [2.24, 2.45) is 0 Å². The molecular formula is C18H25N5O. The van der Waals surface area contributed by atoms with Gasteiger partial charge in [-0.1, -0.05) is 0 Å². The van der Waals surface area contributed by atoms with Crippen molar-refractivity contribution >= 4 is 23.0 Å². The summed E-state index contributed by atoms with van der Waals surface area (Å²) in [6, 6.07) is 9.87. The lowest BCUT2D eigenvalue weighted by Crippen LogP contribution is -2.31.